The molecule has 11 heavy (non-hydrogen) atoms. The third kappa shape index (κ3) is 13.8. The molecule has 0 saturated carbocycles. The summed E-state index contributed by atoms with van der Waals surface area (Å²) in [6.45, 7) is 0.337. The van der Waals surface area contributed by atoms with Gasteiger partial charge in [-0.15, -0.1) is 0 Å². The summed E-state index contributed by atoms with van der Waals surface area (Å²) in [6.07, 6.45) is 0.454. The fourth-order valence-electron chi connectivity index (χ4n) is 0.401. The maximum Gasteiger partial charge on any atom is 1.00 e. The van der Waals surface area contributed by atoms with Gasteiger partial charge in [0.2, 0.25) is 0 Å². The Morgan fingerprint density at radius 3 is 2.36 bits per heavy atom. The molecule has 0 bridgehead atoms. The minimum absolute atomic E-state index is 0. The van der Waals surface area contributed by atoms with E-state index in [0.29, 0.717) is 13.0 Å². The van der Waals surface area contributed by atoms with Crippen LogP contribution in [0.5, 0.6) is 0 Å². The van der Waals surface area contributed by atoms with Crippen molar-refractivity contribution in [2.75, 3.05) is 19.0 Å². The average Bonchev–Trinajstić information content (AvgIpc) is 1.78. The SMILES string of the molecule is O=S(=O)([O-])CNCCCO.[Na+]. The monoisotopic (exact) mass is 191 g/mol. The third-order valence-corrected chi connectivity index (χ3v) is 1.35. The Balaban J connectivity index is 0. The minimum atomic E-state index is -4.15. The van der Waals surface area contributed by atoms with E-state index in [4.69, 9.17) is 5.11 Å². The van der Waals surface area contributed by atoms with Crippen molar-refractivity contribution in [3.05, 3.63) is 0 Å². The van der Waals surface area contributed by atoms with E-state index in [2.05, 4.69) is 5.32 Å². The number of aliphatic hydroxyl groups is 1. The van der Waals surface area contributed by atoms with Gasteiger partial charge in [0.1, 0.15) is 10.1 Å². The minimum Gasteiger partial charge on any atom is -0.747 e. The van der Waals surface area contributed by atoms with Crippen molar-refractivity contribution < 1.29 is 47.6 Å². The molecule has 0 radical (unpaired) electrons. The van der Waals surface area contributed by atoms with Gasteiger partial charge in [-0.25, -0.2) is 8.42 Å². The molecular weight excluding hydrogens is 181 g/mol. The molecular formula is C4H10NNaO4S. The van der Waals surface area contributed by atoms with E-state index >= 15 is 0 Å². The molecule has 0 fully saturated rings. The molecule has 0 aromatic rings. The van der Waals surface area contributed by atoms with Crippen LogP contribution in [0.2, 0.25) is 0 Å². The molecule has 0 atom stereocenters. The maximum absolute atomic E-state index is 9.91. The van der Waals surface area contributed by atoms with Crippen molar-refractivity contribution in [2.24, 2.45) is 0 Å². The average molecular weight is 191 g/mol. The van der Waals surface area contributed by atoms with E-state index < -0.39 is 16.0 Å². The summed E-state index contributed by atoms with van der Waals surface area (Å²) >= 11 is 0. The predicted octanol–water partition coefficient (Wildman–Crippen LogP) is -4.53. The fourth-order valence-corrected chi connectivity index (χ4v) is 0.796. The zero-order valence-corrected chi connectivity index (χ0v) is 9.23. The van der Waals surface area contributed by atoms with Crippen LogP contribution in [-0.4, -0.2) is 37.1 Å². The van der Waals surface area contributed by atoms with Gasteiger partial charge < -0.3 is 15.0 Å². The summed E-state index contributed by atoms with van der Waals surface area (Å²) in [5, 5.41) is 10.6. The summed E-state index contributed by atoms with van der Waals surface area (Å²) in [7, 11) is -4.15. The number of aliphatic hydroxyl groups excluding tert-OH is 1. The van der Waals surface area contributed by atoms with Crippen molar-refractivity contribution >= 4 is 10.1 Å². The van der Waals surface area contributed by atoms with Gasteiger partial charge in [-0.1, -0.05) is 0 Å². The van der Waals surface area contributed by atoms with Gasteiger partial charge in [-0.2, -0.15) is 0 Å². The topological polar surface area (TPSA) is 89.5 Å². The number of hydrogen-bond acceptors (Lipinski definition) is 5. The fraction of sp³-hybridized carbons (Fsp3) is 1.00. The van der Waals surface area contributed by atoms with Crippen LogP contribution in [0.1, 0.15) is 6.42 Å². The van der Waals surface area contributed by atoms with Gasteiger partial charge in [0, 0.05) is 6.61 Å². The third-order valence-electron chi connectivity index (χ3n) is 0.791. The van der Waals surface area contributed by atoms with E-state index in [9.17, 15) is 13.0 Å². The van der Waals surface area contributed by atoms with Crippen LogP contribution in [0.15, 0.2) is 0 Å². The normalized spacial score (nSPS) is 10.7. The molecule has 0 amide bonds. The van der Waals surface area contributed by atoms with Crippen molar-refractivity contribution in [3.8, 4) is 0 Å². The Morgan fingerprint density at radius 1 is 1.45 bits per heavy atom. The second kappa shape index (κ2) is 7.48. The van der Waals surface area contributed by atoms with Crippen LogP contribution in [0.3, 0.4) is 0 Å². The first-order valence-corrected chi connectivity index (χ1v) is 4.39. The maximum atomic E-state index is 9.91. The van der Waals surface area contributed by atoms with E-state index in [1.807, 2.05) is 0 Å². The first-order chi connectivity index (χ1) is 4.56. The van der Waals surface area contributed by atoms with Crippen molar-refractivity contribution in [2.45, 2.75) is 6.42 Å². The van der Waals surface area contributed by atoms with Crippen molar-refractivity contribution in [1.82, 2.24) is 5.32 Å². The molecule has 0 spiro atoms. The zero-order valence-electron chi connectivity index (χ0n) is 6.41. The summed E-state index contributed by atoms with van der Waals surface area (Å²) < 4.78 is 29.7. The Bertz CT molecular complexity index is 169. The Morgan fingerprint density at radius 2 is 2.00 bits per heavy atom. The van der Waals surface area contributed by atoms with Crippen LogP contribution in [0.25, 0.3) is 0 Å². The second-order valence-corrected chi connectivity index (χ2v) is 3.18. The molecule has 0 rings (SSSR count). The Labute approximate surface area is 88.2 Å². The van der Waals surface area contributed by atoms with Gasteiger partial charge in [0.15, 0.2) is 0 Å². The first kappa shape index (κ1) is 14.4. The molecule has 5 nitrogen and oxygen atoms in total. The molecule has 0 heterocycles. The van der Waals surface area contributed by atoms with Gasteiger partial charge in [0.25, 0.3) is 0 Å². The van der Waals surface area contributed by atoms with E-state index in [0.717, 1.165) is 0 Å². The summed E-state index contributed by atoms with van der Waals surface area (Å²) in [4.78, 5) is 0. The van der Waals surface area contributed by atoms with Crippen LogP contribution in [-0.2, 0) is 10.1 Å². The van der Waals surface area contributed by atoms with Gasteiger partial charge in [-0.05, 0) is 13.0 Å². The number of nitrogens with one attached hydrogen (secondary N) is 1. The molecule has 7 heteroatoms. The molecule has 0 aromatic heterocycles. The summed E-state index contributed by atoms with van der Waals surface area (Å²) in [5.74, 6) is -0.562. The quantitative estimate of drug-likeness (QED) is 0.259. The van der Waals surface area contributed by atoms with E-state index in [1.165, 1.54) is 0 Å². The van der Waals surface area contributed by atoms with Gasteiger partial charge >= 0.3 is 29.6 Å². The van der Waals surface area contributed by atoms with Crippen LogP contribution in [0, 0.1) is 0 Å². The zero-order chi connectivity index (χ0) is 8.04. The van der Waals surface area contributed by atoms with Crippen molar-refractivity contribution in [1.29, 1.82) is 0 Å². The summed E-state index contributed by atoms with van der Waals surface area (Å²) in [6, 6.07) is 0. The van der Waals surface area contributed by atoms with E-state index in [1.54, 1.807) is 0 Å². The largest absolute Gasteiger partial charge is 1.00 e. The molecule has 2 N–H and O–H groups in total. The van der Waals surface area contributed by atoms with Crippen LogP contribution >= 0.6 is 0 Å². The second-order valence-electron chi connectivity index (χ2n) is 1.78. The predicted molar refractivity (Wildman–Crippen MR) is 34.3 cm³/mol. The first-order valence-electron chi connectivity index (χ1n) is 2.81. The van der Waals surface area contributed by atoms with Crippen molar-refractivity contribution in [3.63, 3.8) is 0 Å². The number of rotatable bonds is 5. The molecule has 0 aliphatic heterocycles. The Kier molecular flexibility index (Phi) is 9.76. The molecule has 0 aliphatic carbocycles. The molecule has 62 valence electrons. The molecule has 0 aliphatic rings. The van der Waals surface area contributed by atoms with Gasteiger partial charge in [0.05, 0.1) is 5.88 Å². The summed E-state index contributed by atoms with van der Waals surface area (Å²) in [5.41, 5.74) is 0. The molecule has 0 unspecified atom stereocenters. The Hall–Kier alpha value is 0.830. The van der Waals surface area contributed by atoms with Gasteiger partial charge in [-0.3, -0.25) is 0 Å². The van der Waals surface area contributed by atoms with E-state index in [-0.39, 0.29) is 36.2 Å². The smallest absolute Gasteiger partial charge is 0.747 e. The van der Waals surface area contributed by atoms with Crippen LogP contribution in [0.4, 0.5) is 0 Å². The standard InChI is InChI=1S/C4H11NO4S.Na/c6-3-1-2-5-4-10(7,8)9;/h5-6H,1-4H2,(H,7,8,9);/q;+1/p-1. The van der Waals surface area contributed by atoms with Crippen LogP contribution < -0.4 is 34.9 Å². The number of hydrogen-bond donors (Lipinski definition) is 2. The molecule has 0 saturated heterocycles. The molecule has 0 aromatic carbocycles.